The van der Waals surface area contributed by atoms with Crippen molar-refractivity contribution < 1.29 is 46.2 Å². The number of amides is 4. The number of benzene rings is 2. The molecule has 8 atom stereocenters. The van der Waals surface area contributed by atoms with Gasteiger partial charge in [0.1, 0.15) is 41.8 Å². The Morgan fingerprint density at radius 1 is 0.778 bits per heavy atom. The van der Waals surface area contributed by atoms with Crippen LogP contribution in [0.4, 0.5) is 38.5 Å². The lowest BCUT2D eigenvalue weighted by Crippen LogP contribution is -2.51. The number of fused-ring (bicyclic) bond motifs is 1. The van der Waals surface area contributed by atoms with Crippen LogP contribution in [0, 0.1) is 30.4 Å². The van der Waals surface area contributed by atoms with Crippen molar-refractivity contribution in [1.82, 2.24) is 40.4 Å². The van der Waals surface area contributed by atoms with Crippen molar-refractivity contribution in [3.63, 3.8) is 0 Å². The van der Waals surface area contributed by atoms with Crippen molar-refractivity contribution in [2.75, 3.05) is 50.2 Å². The fourth-order valence-corrected chi connectivity index (χ4v) is 10.8. The third-order valence-electron chi connectivity index (χ3n) is 14.6. The number of piperidine rings is 1. The molecule has 4 fully saturated rings. The Bertz CT molecular complexity index is 2680. The van der Waals surface area contributed by atoms with Gasteiger partial charge in [-0.2, -0.15) is 0 Å². The zero-order valence-electron chi connectivity index (χ0n) is 41.9. The molecule has 4 amide bonds. The van der Waals surface area contributed by atoms with Gasteiger partial charge in [0.05, 0.1) is 68.2 Å². The number of imidazole rings is 2. The second-order valence-electron chi connectivity index (χ2n) is 20.2. The predicted molar refractivity (Wildman–Crippen MR) is 265 cm³/mol. The molecule has 0 radical (unpaired) electrons. The number of aryl methyl sites for hydroxylation is 1. The van der Waals surface area contributed by atoms with Crippen molar-refractivity contribution in [2.24, 2.45) is 11.8 Å². The number of aromatic amines is 2. The van der Waals surface area contributed by atoms with E-state index in [-0.39, 0.29) is 43.5 Å². The number of methoxy groups -OCH3 is 2. The van der Waals surface area contributed by atoms with Gasteiger partial charge in [-0.15, -0.1) is 0 Å². The van der Waals surface area contributed by atoms with E-state index in [0.717, 1.165) is 24.8 Å². The van der Waals surface area contributed by atoms with Gasteiger partial charge in [-0.05, 0) is 92.3 Å². The predicted octanol–water partition coefficient (Wildman–Crippen LogP) is 8.83. The van der Waals surface area contributed by atoms with Crippen molar-refractivity contribution in [1.29, 1.82) is 0 Å². The first kappa shape index (κ1) is 51.7. The zero-order chi connectivity index (χ0) is 51.7. The van der Waals surface area contributed by atoms with E-state index in [2.05, 4.69) is 27.2 Å². The van der Waals surface area contributed by atoms with Crippen LogP contribution in [0.25, 0.3) is 17.1 Å². The molecule has 6 heterocycles. The number of ether oxygens (including phenoxy) is 2. The van der Waals surface area contributed by atoms with Crippen molar-refractivity contribution in [3.05, 3.63) is 88.8 Å². The highest BCUT2D eigenvalue weighted by Crippen LogP contribution is 2.45. The van der Waals surface area contributed by atoms with Crippen LogP contribution >= 0.6 is 0 Å². The highest BCUT2D eigenvalue weighted by Gasteiger charge is 2.44. The lowest BCUT2D eigenvalue weighted by molar-refractivity contribution is -0.136. The first-order valence-corrected chi connectivity index (χ1v) is 24.9. The van der Waals surface area contributed by atoms with Crippen molar-refractivity contribution in [2.45, 2.75) is 128 Å². The number of H-pyrrole nitrogens is 2. The minimum atomic E-state index is -1.32. The molecule has 8 rings (SSSR count). The summed E-state index contributed by atoms with van der Waals surface area (Å²) in [5, 5.41) is 5.17. The molecule has 0 bridgehead atoms. The van der Waals surface area contributed by atoms with Crippen LogP contribution < -0.4 is 20.4 Å². The van der Waals surface area contributed by atoms with Crippen LogP contribution in [0.1, 0.15) is 119 Å². The summed E-state index contributed by atoms with van der Waals surface area (Å²) in [6.45, 7) is 14.2. The Morgan fingerprint density at radius 3 is 1.88 bits per heavy atom. The summed E-state index contributed by atoms with van der Waals surface area (Å²) >= 11 is 0. The van der Waals surface area contributed by atoms with Gasteiger partial charge >= 0.3 is 12.2 Å². The normalized spacial score (nSPS) is 23.4. The number of halogens is 4. The van der Waals surface area contributed by atoms with E-state index in [9.17, 15) is 19.2 Å². The fourth-order valence-electron chi connectivity index (χ4n) is 10.8. The topological polar surface area (TPSA) is 181 Å². The molecule has 388 valence electrons. The largest absolute Gasteiger partial charge is 0.453 e. The Morgan fingerprint density at radius 2 is 1.33 bits per heavy atom. The lowest BCUT2D eigenvalue weighted by Gasteiger charge is -2.35. The molecule has 2 aromatic carbocycles. The molecule has 72 heavy (non-hydrogen) atoms. The highest BCUT2D eigenvalue weighted by molar-refractivity contribution is 5.87. The maximum Gasteiger partial charge on any atom is 0.407 e. The quantitative estimate of drug-likeness (QED) is 0.0704. The van der Waals surface area contributed by atoms with Gasteiger partial charge in [0.25, 0.3) is 0 Å². The monoisotopic (exact) mass is 1000 g/mol. The molecule has 2 aromatic heterocycles. The number of rotatable bonds is 14. The number of hydrogen-bond acceptors (Lipinski definition) is 10. The van der Waals surface area contributed by atoms with Crippen molar-refractivity contribution >= 4 is 52.5 Å². The van der Waals surface area contributed by atoms with Gasteiger partial charge in [-0.25, -0.2) is 37.1 Å². The number of aromatic nitrogens is 4. The SMILES string of the molecule is C=C(/C=C\c1nc([C@@H]2C[C@H](F)CN2C(=O)[C@@H](NC(=O)OC)C(C)C)[nH]c1C)[C@H]1CC[C@H](c2ccc3nc([C@@H]4C[C@H](F)CN4C(=O)[C@@H](NC(=O)OC)C(C)C)[nH]c3c2)N1c1cc(F)c(N2CCCCC2)c(F)c1. The summed E-state index contributed by atoms with van der Waals surface area (Å²) in [5.41, 5.74) is 4.13. The summed E-state index contributed by atoms with van der Waals surface area (Å²) in [6.07, 6.45) is 3.25. The third-order valence-corrected chi connectivity index (χ3v) is 14.6. The van der Waals surface area contributed by atoms with E-state index in [1.54, 1.807) is 38.7 Å². The van der Waals surface area contributed by atoms with Crippen LogP contribution in [-0.2, 0) is 19.1 Å². The minimum absolute atomic E-state index is 0.00451. The first-order valence-electron chi connectivity index (χ1n) is 24.9. The van der Waals surface area contributed by atoms with Crippen LogP contribution in [0.2, 0.25) is 0 Å². The maximum atomic E-state index is 16.3. The number of carbonyl (C=O) groups is 4. The lowest BCUT2D eigenvalue weighted by atomic mass is 10.0. The number of anilines is 2. The standard InChI is InChI=1S/C52H66F4N10O6/c1-27(2)44(61-51(69)71-7)49(67)64-25-32(53)21-42(64)47-57-30(6)37(58-47)14-12-29(5)40-16-17-41(66(40)34-23-35(55)46(36(56)24-34)63-18-10-9-11-19-63)31-13-15-38-39(20-31)60-48(59-38)43-22-33(54)26-65(43)50(68)45(28(3)4)62-52(70)72-8/h12-15,20,23-24,27-28,32-33,40-45H,5,9-11,16-19,21-22,25-26H2,1-4,6-8H3,(H,57,58)(H,59,60)(H,61,69)(H,62,70)/b14-12-/t32-,33-,40+,41+,42-,43-,44-,45-/m0/s1. The molecular formula is C52H66F4N10O6. The molecule has 4 aliphatic rings. The van der Waals surface area contributed by atoms with Gasteiger partial charge < -0.3 is 49.7 Å². The van der Waals surface area contributed by atoms with Gasteiger partial charge in [0.15, 0.2) is 11.6 Å². The second-order valence-corrected chi connectivity index (χ2v) is 20.2. The van der Waals surface area contributed by atoms with E-state index in [1.807, 2.05) is 36.1 Å². The van der Waals surface area contributed by atoms with Gasteiger partial charge in [-0.3, -0.25) is 9.59 Å². The third kappa shape index (κ3) is 10.6. The Hall–Kier alpha value is -6.60. The maximum absolute atomic E-state index is 16.3. The van der Waals surface area contributed by atoms with Gasteiger partial charge in [0, 0.05) is 37.3 Å². The highest BCUT2D eigenvalue weighted by atomic mass is 19.1. The second kappa shape index (κ2) is 21.6. The molecular weight excluding hydrogens is 937 g/mol. The van der Waals surface area contributed by atoms with Gasteiger partial charge in [-0.1, -0.05) is 46.4 Å². The molecule has 20 heteroatoms. The summed E-state index contributed by atoms with van der Waals surface area (Å²) in [4.78, 5) is 74.7. The minimum Gasteiger partial charge on any atom is -0.453 e. The van der Waals surface area contributed by atoms with Crippen LogP contribution in [0.3, 0.4) is 0 Å². The summed E-state index contributed by atoms with van der Waals surface area (Å²) in [6, 6.07) is 4.25. The van der Waals surface area contributed by atoms with Gasteiger partial charge in [0.2, 0.25) is 11.8 Å². The number of hydrogen-bond donors (Lipinski definition) is 4. The van der Waals surface area contributed by atoms with Crippen molar-refractivity contribution in [3.8, 4) is 0 Å². The molecule has 0 unspecified atom stereocenters. The molecule has 4 aromatic rings. The average Bonchev–Trinajstić information content (AvgIpc) is 4.20. The van der Waals surface area contributed by atoms with E-state index in [4.69, 9.17) is 19.4 Å². The smallest absolute Gasteiger partial charge is 0.407 e. The van der Waals surface area contributed by atoms with E-state index in [0.29, 0.717) is 71.3 Å². The first-order chi connectivity index (χ1) is 34.4. The molecule has 4 saturated heterocycles. The number of nitrogens with zero attached hydrogens (tertiary/aromatic N) is 6. The molecule has 0 saturated carbocycles. The van der Waals surface area contributed by atoms with E-state index < -0.39 is 84.2 Å². The number of carbonyl (C=O) groups excluding carboxylic acids is 4. The van der Waals surface area contributed by atoms with Crippen LogP contribution in [0.5, 0.6) is 0 Å². The zero-order valence-corrected chi connectivity index (χ0v) is 41.9. The Kier molecular flexibility index (Phi) is 15.5. The fraction of sp³-hybridized carbons (Fsp3) is 0.538. The van der Waals surface area contributed by atoms with Crippen LogP contribution in [0.15, 0.2) is 48.6 Å². The molecule has 4 aliphatic heterocycles. The molecule has 0 aliphatic carbocycles. The van der Waals surface area contributed by atoms with E-state index >= 15 is 17.6 Å². The number of alkyl halides is 2. The van der Waals surface area contributed by atoms with Crippen LogP contribution in [-0.4, -0.2) is 125 Å². The average molecular weight is 1000 g/mol. The molecule has 4 N–H and O–H groups in total. The molecule has 0 spiro atoms. The summed E-state index contributed by atoms with van der Waals surface area (Å²) in [5.74, 6) is -2.08. The Labute approximate surface area is 416 Å². The summed E-state index contributed by atoms with van der Waals surface area (Å²) < 4.78 is 72.5. The molecule has 16 nitrogen and oxygen atoms in total. The summed E-state index contributed by atoms with van der Waals surface area (Å²) in [7, 11) is 2.41. The Balaban J connectivity index is 1.08. The number of alkyl carbamates (subject to hydrolysis) is 2. The van der Waals surface area contributed by atoms with E-state index in [1.165, 1.54) is 36.2 Å². The number of likely N-dealkylation sites (tertiary alicyclic amines) is 2. The number of nitrogens with one attached hydrogen (secondary N) is 4.